The quantitative estimate of drug-likeness (QED) is 0.879. The van der Waals surface area contributed by atoms with Crippen LogP contribution in [-0.4, -0.2) is 29.9 Å². The molecule has 0 bridgehead atoms. The van der Waals surface area contributed by atoms with E-state index >= 15 is 0 Å². The highest BCUT2D eigenvalue weighted by Crippen LogP contribution is 2.42. The third-order valence-electron chi connectivity index (χ3n) is 5.67. The van der Waals surface area contributed by atoms with Crippen molar-refractivity contribution < 1.29 is 9.21 Å². The molecule has 0 aromatic carbocycles. The van der Waals surface area contributed by atoms with Crippen LogP contribution in [0.25, 0.3) is 0 Å². The van der Waals surface area contributed by atoms with E-state index in [9.17, 15) is 4.79 Å². The Labute approximate surface area is 132 Å². The zero-order valence-corrected chi connectivity index (χ0v) is 13.2. The molecule has 3 fully saturated rings. The van der Waals surface area contributed by atoms with E-state index in [0.717, 1.165) is 37.7 Å². The van der Waals surface area contributed by atoms with Crippen LogP contribution >= 0.6 is 0 Å². The monoisotopic (exact) mass is 302 g/mol. The lowest BCUT2D eigenvalue weighted by Crippen LogP contribution is -2.42. The van der Waals surface area contributed by atoms with Crippen LogP contribution in [0.15, 0.2) is 22.8 Å². The lowest BCUT2D eigenvalue weighted by Gasteiger charge is -2.26. The molecule has 1 N–H and O–H groups in total. The maximum Gasteiger partial charge on any atom is 0.220 e. The average Bonchev–Trinajstić information content (AvgIpc) is 3.03. The van der Waals surface area contributed by atoms with Crippen LogP contribution in [0.3, 0.4) is 0 Å². The SMILES string of the molecule is O=C(CC1CCC1)N[C@@H]1CN(Cc2ccco2)C[C@H]1C1CC1. The molecule has 0 radical (unpaired) electrons. The van der Waals surface area contributed by atoms with Gasteiger partial charge in [-0.3, -0.25) is 9.69 Å². The Hall–Kier alpha value is -1.29. The first-order chi connectivity index (χ1) is 10.8. The Balaban J connectivity index is 1.33. The molecule has 1 amide bonds. The lowest BCUT2D eigenvalue weighted by molar-refractivity contribution is -0.123. The molecule has 0 spiro atoms. The van der Waals surface area contributed by atoms with Gasteiger partial charge in [0, 0.05) is 25.6 Å². The van der Waals surface area contributed by atoms with Crippen LogP contribution in [0.2, 0.25) is 0 Å². The van der Waals surface area contributed by atoms with E-state index < -0.39 is 0 Å². The van der Waals surface area contributed by atoms with Gasteiger partial charge in [-0.1, -0.05) is 6.42 Å². The highest BCUT2D eigenvalue weighted by atomic mass is 16.3. The molecule has 2 atom stereocenters. The molecule has 1 saturated heterocycles. The van der Waals surface area contributed by atoms with E-state index in [1.165, 1.54) is 32.1 Å². The minimum absolute atomic E-state index is 0.278. The number of nitrogens with one attached hydrogen (secondary N) is 1. The molecule has 2 aliphatic carbocycles. The molecule has 4 heteroatoms. The molecule has 1 aromatic heterocycles. The minimum atomic E-state index is 0.278. The predicted octanol–water partition coefficient (Wildman–Crippen LogP) is 2.80. The van der Waals surface area contributed by atoms with Crippen molar-refractivity contribution in [1.29, 1.82) is 0 Å². The molecule has 4 rings (SSSR count). The van der Waals surface area contributed by atoms with E-state index in [1.54, 1.807) is 6.26 Å². The van der Waals surface area contributed by atoms with Gasteiger partial charge in [0.2, 0.25) is 5.91 Å². The number of furan rings is 1. The summed E-state index contributed by atoms with van der Waals surface area (Å²) in [5.74, 6) is 3.42. The Kier molecular flexibility index (Phi) is 3.95. The summed E-state index contributed by atoms with van der Waals surface area (Å²) in [6, 6.07) is 4.33. The summed E-state index contributed by atoms with van der Waals surface area (Å²) in [7, 11) is 0. The molecule has 4 nitrogen and oxygen atoms in total. The minimum Gasteiger partial charge on any atom is -0.468 e. The second kappa shape index (κ2) is 6.07. The van der Waals surface area contributed by atoms with Crippen LogP contribution in [0.4, 0.5) is 0 Å². The number of carbonyl (C=O) groups is 1. The van der Waals surface area contributed by atoms with Gasteiger partial charge in [-0.05, 0) is 55.6 Å². The van der Waals surface area contributed by atoms with Gasteiger partial charge in [0.15, 0.2) is 0 Å². The third kappa shape index (κ3) is 3.22. The summed E-state index contributed by atoms with van der Waals surface area (Å²) in [6.45, 7) is 2.93. The van der Waals surface area contributed by atoms with E-state index in [2.05, 4.69) is 10.2 Å². The van der Waals surface area contributed by atoms with Gasteiger partial charge in [-0.2, -0.15) is 0 Å². The first-order valence-corrected chi connectivity index (χ1v) is 8.82. The molecule has 120 valence electrons. The number of hydrogen-bond acceptors (Lipinski definition) is 3. The smallest absolute Gasteiger partial charge is 0.220 e. The molecule has 3 aliphatic rings. The molecule has 2 heterocycles. The van der Waals surface area contributed by atoms with Crippen molar-refractivity contribution in [1.82, 2.24) is 10.2 Å². The predicted molar refractivity (Wildman–Crippen MR) is 84.1 cm³/mol. The van der Waals surface area contributed by atoms with Crippen LogP contribution < -0.4 is 5.32 Å². The second-order valence-electron chi connectivity index (χ2n) is 7.45. The first-order valence-electron chi connectivity index (χ1n) is 8.82. The summed E-state index contributed by atoms with van der Waals surface area (Å²) in [5.41, 5.74) is 0. The van der Waals surface area contributed by atoms with Crippen molar-refractivity contribution in [3.8, 4) is 0 Å². The molecule has 1 aromatic rings. The number of nitrogens with zero attached hydrogens (tertiary/aromatic N) is 1. The molecule has 2 saturated carbocycles. The normalized spacial score (nSPS) is 29.5. The number of carbonyl (C=O) groups excluding carboxylic acids is 1. The Morgan fingerprint density at radius 2 is 2.14 bits per heavy atom. The standard InChI is InChI=1S/C18H26N2O2/c21-18(9-13-3-1-4-13)19-17-12-20(10-15-5-2-8-22-15)11-16(17)14-6-7-14/h2,5,8,13-14,16-17H,1,3-4,6-7,9-12H2,(H,19,21)/t16-,17+/m0/s1. The molecular weight excluding hydrogens is 276 g/mol. The van der Waals surface area contributed by atoms with Gasteiger partial charge in [0.05, 0.1) is 12.8 Å². The van der Waals surface area contributed by atoms with Crippen molar-refractivity contribution in [3.05, 3.63) is 24.2 Å². The Morgan fingerprint density at radius 1 is 1.27 bits per heavy atom. The van der Waals surface area contributed by atoms with Gasteiger partial charge in [-0.25, -0.2) is 0 Å². The average molecular weight is 302 g/mol. The van der Waals surface area contributed by atoms with Crippen molar-refractivity contribution >= 4 is 5.91 Å². The summed E-state index contributed by atoms with van der Waals surface area (Å²) < 4.78 is 5.47. The maximum absolute atomic E-state index is 12.3. The van der Waals surface area contributed by atoms with Crippen molar-refractivity contribution in [2.75, 3.05) is 13.1 Å². The van der Waals surface area contributed by atoms with Gasteiger partial charge in [0.1, 0.15) is 5.76 Å². The highest BCUT2D eigenvalue weighted by Gasteiger charge is 2.43. The maximum atomic E-state index is 12.3. The van der Waals surface area contributed by atoms with Crippen LogP contribution in [-0.2, 0) is 11.3 Å². The zero-order chi connectivity index (χ0) is 14.9. The summed E-state index contributed by atoms with van der Waals surface area (Å²) in [5, 5.41) is 3.35. The largest absolute Gasteiger partial charge is 0.468 e. The highest BCUT2D eigenvalue weighted by molar-refractivity contribution is 5.76. The summed E-state index contributed by atoms with van der Waals surface area (Å²) in [6.07, 6.45) is 8.96. The van der Waals surface area contributed by atoms with Crippen molar-refractivity contribution in [2.45, 2.75) is 51.1 Å². The van der Waals surface area contributed by atoms with E-state index in [4.69, 9.17) is 4.42 Å². The fourth-order valence-electron chi connectivity index (χ4n) is 4.04. The Bertz CT molecular complexity index is 505. The number of hydrogen-bond donors (Lipinski definition) is 1. The fraction of sp³-hybridized carbons (Fsp3) is 0.722. The summed E-state index contributed by atoms with van der Waals surface area (Å²) in [4.78, 5) is 14.7. The number of amides is 1. The topological polar surface area (TPSA) is 45.5 Å². The molecule has 22 heavy (non-hydrogen) atoms. The summed E-state index contributed by atoms with van der Waals surface area (Å²) >= 11 is 0. The fourth-order valence-corrected chi connectivity index (χ4v) is 4.04. The van der Waals surface area contributed by atoms with Crippen molar-refractivity contribution in [2.24, 2.45) is 17.8 Å². The third-order valence-corrected chi connectivity index (χ3v) is 5.67. The second-order valence-corrected chi connectivity index (χ2v) is 7.45. The zero-order valence-electron chi connectivity index (χ0n) is 13.2. The number of rotatable bonds is 6. The molecule has 1 aliphatic heterocycles. The van der Waals surface area contributed by atoms with Crippen LogP contribution in [0.5, 0.6) is 0 Å². The number of likely N-dealkylation sites (tertiary alicyclic amines) is 1. The van der Waals surface area contributed by atoms with Gasteiger partial charge in [0.25, 0.3) is 0 Å². The molecular formula is C18H26N2O2. The van der Waals surface area contributed by atoms with Gasteiger partial charge in [-0.15, -0.1) is 0 Å². The van der Waals surface area contributed by atoms with Crippen molar-refractivity contribution in [3.63, 3.8) is 0 Å². The van der Waals surface area contributed by atoms with E-state index in [0.29, 0.717) is 17.9 Å². The van der Waals surface area contributed by atoms with E-state index in [-0.39, 0.29) is 5.91 Å². The molecule has 0 unspecified atom stereocenters. The van der Waals surface area contributed by atoms with Crippen LogP contribution in [0.1, 0.15) is 44.3 Å². The first kappa shape index (κ1) is 14.3. The van der Waals surface area contributed by atoms with E-state index in [1.807, 2.05) is 12.1 Å². The Morgan fingerprint density at radius 3 is 2.77 bits per heavy atom. The van der Waals surface area contributed by atoms with Gasteiger partial charge >= 0.3 is 0 Å². The van der Waals surface area contributed by atoms with Crippen LogP contribution in [0, 0.1) is 17.8 Å². The lowest BCUT2D eigenvalue weighted by atomic mass is 9.82. The van der Waals surface area contributed by atoms with Gasteiger partial charge < -0.3 is 9.73 Å².